The minimum atomic E-state index is 0.888. The van der Waals surface area contributed by atoms with Crippen LogP contribution in [0.4, 0.5) is 0 Å². The van der Waals surface area contributed by atoms with E-state index in [2.05, 4.69) is 6.92 Å². The van der Waals surface area contributed by atoms with Gasteiger partial charge in [-0.2, -0.15) is 0 Å². The van der Waals surface area contributed by atoms with Gasteiger partial charge in [-0.3, -0.25) is 0 Å². The zero-order valence-electron chi connectivity index (χ0n) is 6.09. The molecule has 4 saturated carbocycles. The van der Waals surface area contributed by atoms with Gasteiger partial charge in [0, 0.05) is 5.41 Å². The Bertz CT molecular complexity index is 325. The number of allylic oxidation sites excluding steroid dienone is 2. The summed E-state index contributed by atoms with van der Waals surface area (Å²) in [6.45, 7) is 2.40. The van der Waals surface area contributed by atoms with Crippen LogP contribution in [0.2, 0.25) is 0 Å². The first kappa shape index (κ1) is 3.94. The molecule has 0 spiro atoms. The molecule has 0 radical (unpaired) electrons. The maximum Gasteiger partial charge on any atom is 0.00211 e. The molecule has 0 amide bonds. The van der Waals surface area contributed by atoms with Gasteiger partial charge in [0.25, 0.3) is 0 Å². The van der Waals surface area contributed by atoms with Crippen LogP contribution in [0.25, 0.3) is 0 Å². The van der Waals surface area contributed by atoms with Crippen molar-refractivity contribution in [2.45, 2.75) is 13.3 Å². The summed E-state index contributed by atoms with van der Waals surface area (Å²) in [5.74, 6) is 6.04. The van der Waals surface area contributed by atoms with Gasteiger partial charge in [0.1, 0.15) is 0 Å². The van der Waals surface area contributed by atoms with Crippen LogP contribution in [0, 0.1) is 35.0 Å². The van der Waals surface area contributed by atoms with Crippen molar-refractivity contribution in [2.24, 2.45) is 35.0 Å². The number of rotatable bonds is 1. The lowest BCUT2D eigenvalue weighted by molar-refractivity contribution is -0.394. The first-order valence-electron chi connectivity index (χ1n) is 4.67. The van der Waals surface area contributed by atoms with Gasteiger partial charge in [0.05, 0.1) is 0 Å². The maximum absolute atomic E-state index is 2.40. The maximum atomic E-state index is 2.40. The Morgan fingerprint density at radius 3 is 2.60 bits per heavy atom. The summed E-state index contributed by atoms with van der Waals surface area (Å²) in [4.78, 5) is 0. The van der Waals surface area contributed by atoms with Gasteiger partial charge >= 0.3 is 0 Å². The van der Waals surface area contributed by atoms with Crippen LogP contribution in [-0.2, 0) is 0 Å². The van der Waals surface area contributed by atoms with Gasteiger partial charge in [0.15, 0.2) is 0 Å². The Hall–Kier alpha value is -0.260. The second-order valence-electron chi connectivity index (χ2n) is 4.90. The van der Waals surface area contributed by atoms with Gasteiger partial charge < -0.3 is 0 Å². The molecule has 6 atom stereocenters. The normalized spacial score (nSPS) is 81.9. The Morgan fingerprint density at radius 1 is 1.40 bits per heavy atom. The molecule has 6 aliphatic rings. The van der Waals surface area contributed by atoms with E-state index in [-0.39, 0.29) is 0 Å². The van der Waals surface area contributed by atoms with E-state index in [1.807, 2.05) is 11.1 Å². The molecular formula is C10H10. The summed E-state index contributed by atoms with van der Waals surface area (Å²) < 4.78 is 0. The molecule has 0 aromatic heterocycles. The van der Waals surface area contributed by atoms with Crippen LogP contribution in [0.5, 0.6) is 0 Å². The van der Waals surface area contributed by atoms with Crippen LogP contribution in [-0.4, -0.2) is 0 Å². The van der Waals surface area contributed by atoms with E-state index in [0.717, 1.165) is 5.41 Å². The third kappa shape index (κ3) is 0.109. The van der Waals surface area contributed by atoms with Gasteiger partial charge in [-0.05, 0) is 36.0 Å². The van der Waals surface area contributed by atoms with E-state index < -0.39 is 0 Å². The summed E-state index contributed by atoms with van der Waals surface area (Å²) in [6.07, 6.45) is 1.47. The van der Waals surface area contributed by atoms with Crippen LogP contribution in [0.3, 0.4) is 0 Å². The van der Waals surface area contributed by atoms with E-state index in [1.165, 1.54) is 36.0 Å². The lowest BCUT2D eigenvalue weighted by atomic mass is 9.03. The predicted molar refractivity (Wildman–Crippen MR) is 37.2 cm³/mol. The van der Waals surface area contributed by atoms with Crippen molar-refractivity contribution in [3.8, 4) is 0 Å². The van der Waals surface area contributed by atoms with Crippen molar-refractivity contribution in [2.75, 3.05) is 0 Å². The first-order chi connectivity index (χ1) is 4.93. The highest BCUT2D eigenvalue weighted by molar-refractivity contribution is 5.73. The van der Waals surface area contributed by atoms with Gasteiger partial charge in [0.2, 0.25) is 0 Å². The minimum Gasteiger partial charge on any atom is -0.0645 e. The smallest absolute Gasteiger partial charge is 0.00211 e. The molecular weight excluding hydrogens is 120 g/mol. The van der Waals surface area contributed by atoms with E-state index in [0.29, 0.717) is 0 Å². The highest BCUT2D eigenvalue weighted by Crippen LogP contribution is 3.03. The summed E-state index contributed by atoms with van der Waals surface area (Å²) in [6, 6.07) is 0. The molecule has 4 fully saturated rings. The summed E-state index contributed by atoms with van der Waals surface area (Å²) in [5.41, 5.74) is 4.84. The highest BCUT2D eigenvalue weighted by atomic mass is 15.0. The largest absolute Gasteiger partial charge is 0.0645 e. The lowest BCUT2D eigenvalue weighted by Gasteiger charge is -3.01. The molecule has 0 heterocycles. The topological polar surface area (TPSA) is 0 Å². The SMILES string of the molecule is CCC12C3=C4C5C3C1C5C42. The molecule has 0 aromatic rings. The predicted octanol–water partition coefficient (Wildman–Crippen LogP) is 1.83. The second kappa shape index (κ2) is 0.680. The minimum absolute atomic E-state index is 0.888. The van der Waals surface area contributed by atoms with Crippen LogP contribution >= 0.6 is 0 Å². The van der Waals surface area contributed by atoms with Crippen LogP contribution in [0.1, 0.15) is 13.3 Å². The Morgan fingerprint density at radius 2 is 2.30 bits per heavy atom. The average molecular weight is 130 g/mol. The number of hydrogen-bond acceptors (Lipinski definition) is 0. The molecule has 10 heavy (non-hydrogen) atoms. The first-order valence-corrected chi connectivity index (χ1v) is 4.67. The van der Waals surface area contributed by atoms with Crippen molar-refractivity contribution >= 4 is 0 Å². The van der Waals surface area contributed by atoms with E-state index in [4.69, 9.17) is 0 Å². The molecule has 6 rings (SSSR count). The monoisotopic (exact) mass is 130 g/mol. The van der Waals surface area contributed by atoms with Crippen LogP contribution in [0.15, 0.2) is 11.1 Å². The molecule has 0 nitrogen and oxygen atoms in total. The molecule has 0 bridgehead atoms. The van der Waals surface area contributed by atoms with Gasteiger partial charge in [-0.25, -0.2) is 0 Å². The Labute approximate surface area is 60.3 Å². The Balaban J connectivity index is 1.94. The molecule has 0 saturated heterocycles. The second-order valence-corrected chi connectivity index (χ2v) is 4.90. The Kier molecular flexibility index (Phi) is 0.268. The third-order valence-electron chi connectivity index (χ3n) is 5.56. The molecule has 0 aromatic carbocycles. The fourth-order valence-corrected chi connectivity index (χ4v) is 5.47. The van der Waals surface area contributed by atoms with Gasteiger partial charge in [-0.15, -0.1) is 0 Å². The van der Waals surface area contributed by atoms with Gasteiger partial charge in [-0.1, -0.05) is 18.1 Å². The number of hydrogen-bond donors (Lipinski definition) is 0. The fraction of sp³-hybridized carbons (Fsp3) is 0.800. The van der Waals surface area contributed by atoms with E-state index in [9.17, 15) is 0 Å². The molecule has 0 N–H and O–H groups in total. The molecule has 6 aliphatic carbocycles. The average Bonchev–Trinajstić information content (AvgIpc) is 2.05. The molecule has 50 valence electrons. The van der Waals surface area contributed by atoms with Crippen molar-refractivity contribution < 1.29 is 0 Å². The van der Waals surface area contributed by atoms with Crippen molar-refractivity contribution in [3.63, 3.8) is 0 Å². The summed E-state index contributed by atoms with van der Waals surface area (Å²) in [7, 11) is 0. The van der Waals surface area contributed by atoms with E-state index >= 15 is 0 Å². The van der Waals surface area contributed by atoms with Crippen molar-refractivity contribution in [1.82, 2.24) is 0 Å². The van der Waals surface area contributed by atoms with E-state index in [1.54, 1.807) is 0 Å². The fourth-order valence-electron chi connectivity index (χ4n) is 5.47. The summed E-state index contributed by atoms with van der Waals surface area (Å²) >= 11 is 0. The highest BCUT2D eigenvalue weighted by Gasteiger charge is 2.97. The zero-order chi connectivity index (χ0) is 6.25. The lowest BCUT2D eigenvalue weighted by Crippen LogP contribution is -2.95. The van der Waals surface area contributed by atoms with Crippen LogP contribution < -0.4 is 0 Å². The molecule has 0 heteroatoms. The van der Waals surface area contributed by atoms with Crippen molar-refractivity contribution in [3.05, 3.63) is 11.1 Å². The quantitative estimate of drug-likeness (QED) is 0.475. The molecule has 6 unspecified atom stereocenters. The third-order valence-corrected chi connectivity index (χ3v) is 5.56. The summed E-state index contributed by atoms with van der Waals surface area (Å²) in [5, 5.41) is 0. The molecule has 0 aliphatic heterocycles. The van der Waals surface area contributed by atoms with Crippen molar-refractivity contribution in [1.29, 1.82) is 0 Å². The zero-order valence-corrected chi connectivity index (χ0v) is 6.09. The standard InChI is InChI=1S/C10H10/c1-2-10-7-4-3-5(7)9(10)6(3)8(4)10/h3-5,7-8H,2H2,1H3.